The summed E-state index contributed by atoms with van der Waals surface area (Å²) in [6.07, 6.45) is 4.72. The second-order valence-electron chi connectivity index (χ2n) is 5.80. The van der Waals surface area contributed by atoms with Crippen molar-refractivity contribution in [3.05, 3.63) is 29.8 Å². The average Bonchev–Trinajstić information content (AvgIpc) is 2.91. The maximum absolute atomic E-state index is 12.6. The van der Waals surface area contributed by atoms with Crippen molar-refractivity contribution in [2.45, 2.75) is 43.5 Å². The molecule has 1 atom stereocenters. The van der Waals surface area contributed by atoms with E-state index in [1.807, 2.05) is 13.0 Å². The van der Waals surface area contributed by atoms with Gasteiger partial charge in [0.1, 0.15) is 0 Å². The highest BCUT2D eigenvalue weighted by atomic mass is 32.2. The number of nitrogens with two attached hydrogens (primary N) is 1. The third kappa shape index (κ3) is 3.40. The molecule has 2 rings (SSSR count). The Bertz CT molecular complexity index is 549. The van der Waals surface area contributed by atoms with Crippen molar-refractivity contribution in [3.63, 3.8) is 0 Å². The second-order valence-corrected chi connectivity index (χ2v) is 7.84. The standard InChI is InChI=1S/C15H24N2O2S/c1-12(16)14-8-5-9-15(10-14)20(18,19)17(2)11-13-6-3-4-7-13/h5,8-10,12-13H,3-4,6-7,11,16H2,1-2H3. The lowest BCUT2D eigenvalue weighted by Gasteiger charge is -2.21. The van der Waals surface area contributed by atoms with E-state index in [2.05, 4.69) is 0 Å². The van der Waals surface area contributed by atoms with E-state index in [0.717, 1.165) is 18.4 Å². The van der Waals surface area contributed by atoms with Crippen molar-refractivity contribution >= 4 is 10.0 Å². The van der Waals surface area contributed by atoms with Crippen molar-refractivity contribution in [2.24, 2.45) is 11.7 Å². The fraction of sp³-hybridized carbons (Fsp3) is 0.600. The van der Waals surface area contributed by atoms with Crippen LogP contribution in [0.5, 0.6) is 0 Å². The number of hydrogen-bond acceptors (Lipinski definition) is 3. The monoisotopic (exact) mass is 296 g/mol. The summed E-state index contributed by atoms with van der Waals surface area (Å²) >= 11 is 0. The molecule has 0 amide bonds. The third-order valence-electron chi connectivity index (χ3n) is 4.08. The molecule has 0 bridgehead atoms. The van der Waals surface area contributed by atoms with Gasteiger partial charge in [0.25, 0.3) is 0 Å². The Kier molecular flexibility index (Phi) is 4.83. The van der Waals surface area contributed by atoms with Gasteiger partial charge in [-0.3, -0.25) is 0 Å². The lowest BCUT2D eigenvalue weighted by Crippen LogP contribution is -2.31. The fourth-order valence-corrected chi connectivity index (χ4v) is 4.10. The molecule has 0 radical (unpaired) electrons. The van der Waals surface area contributed by atoms with Gasteiger partial charge in [-0.25, -0.2) is 12.7 Å². The van der Waals surface area contributed by atoms with Crippen LogP contribution in [0.15, 0.2) is 29.2 Å². The third-order valence-corrected chi connectivity index (χ3v) is 5.90. The molecule has 1 aromatic carbocycles. The van der Waals surface area contributed by atoms with Crippen molar-refractivity contribution in [1.29, 1.82) is 0 Å². The molecule has 0 spiro atoms. The van der Waals surface area contributed by atoms with Gasteiger partial charge in [0.15, 0.2) is 0 Å². The molecule has 1 aliphatic carbocycles. The van der Waals surface area contributed by atoms with Crippen LogP contribution < -0.4 is 5.73 Å². The van der Waals surface area contributed by atoms with Crippen LogP contribution in [-0.4, -0.2) is 26.3 Å². The Hall–Kier alpha value is -0.910. The predicted molar refractivity (Wildman–Crippen MR) is 80.8 cm³/mol. The molecule has 1 unspecified atom stereocenters. The molecule has 2 N–H and O–H groups in total. The minimum Gasteiger partial charge on any atom is -0.324 e. The number of nitrogens with zero attached hydrogens (tertiary/aromatic N) is 1. The van der Waals surface area contributed by atoms with Crippen molar-refractivity contribution < 1.29 is 8.42 Å². The van der Waals surface area contributed by atoms with E-state index in [1.54, 1.807) is 25.2 Å². The highest BCUT2D eigenvalue weighted by Gasteiger charge is 2.25. The first-order valence-corrected chi connectivity index (χ1v) is 8.67. The summed E-state index contributed by atoms with van der Waals surface area (Å²) < 4.78 is 26.6. The molecule has 0 aliphatic heterocycles. The Morgan fingerprint density at radius 2 is 2.00 bits per heavy atom. The Morgan fingerprint density at radius 1 is 1.35 bits per heavy atom. The normalized spacial score (nSPS) is 18.6. The lowest BCUT2D eigenvalue weighted by atomic mass is 10.1. The largest absolute Gasteiger partial charge is 0.324 e. The molecule has 0 saturated heterocycles. The van der Waals surface area contributed by atoms with Crippen LogP contribution in [0.3, 0.4) is 0 Å². The van der Waals surface area contributed by atoms with E-state index in [4.69, 9.17) is 5.73 Å². The molecule has 1 saturated carbocycles. The van der Waals surface area contributed by atoms with Crippen LogP contribution in [0.1, 0.15) is 44.2 Å². The van der Waals surface area contributed by atoms with Crippen LogP contribution >= 0.6 is 0 Å². The van der Waals surface area contributed by atoms with E-state index < -0.39 is 10.0 Å². The minimum atomic E-state index is -3.40. The van der Waals surface area contributed by atoms with Gasteiger partial charge in [0, 0.05) is 19.6 Å². The molecule has 0 heterocycles. The Morgan fingerprint density at radius 3 is 2.60 bits per heavy atom. The zero-order valence-corrected chi connectivity index (χ0v) is 13.1. The summed E-state index contributed by atoms with van der Waals surface area (Å²) in [4.78, 5) is 0.341. The minimum absolute atomic E-state index is 0.162. The van der Waals surface area contributed by atoms with Gasteiger partial charge < -0.3 is 5.73 Å². The zero-order chi connectivity index (χ0) is 14.8. The van der Waals surface area contributed by atoms with Gasteiger partial charge in [0.05, 0.1) is 4.90 Å². The van der Waals surface area contributed by atoms with Crippen LogP contribution in [0.2, 0.25) is 0 Å². The first-order valence-electron chi connectivity index (χ1n) is 7.23. The maximum atomic E-state index is 12.6. The van der Waals surface area contributed by atoms with Crippen molar-refractivity contribution in [2.75, 3.05) is 13.6 Å². The summed E-state index contributed by atoms with van der Waals surface area (Å²) in [6, 6.07) is 6.79. The van der Waals surface area contributed by atoms with Crippen LogP contribution in [0.4, 0.5) is 0 Å². The van der Waals surface area contributed by atoms with E-state index in [1.165, 1.54) is 17.1 Å². The summed E-state index contributed by atoms with van der Waals surface area (Å²) in [5.41, 5.74) is 6.67. The first kappa shape index (κ1) is 15.5. The Balaban J connectivity index is 2.18. The predicted octanol–water partition coefficient (Wildman–Crippen LogP) is 2.52. The SMILES string of the molecule is CC(N)c1cccc(S(=O)(=O)N(C)CC2CCCC2)c1. The average molecular weight is 296 g/mol. The summed E-state index contributed by atoms with van der Waals surface area (Å²) in [6.45, 7) is 2.47. The van der Waals surface area contributed by atoms with Crippen LogP contribution in [0.25, 0.3) is 0 Å². The van der Waals surface area contributed by atoms with E-state index >= 15 is 0 Å². The number of hydrogen-bond donors (Lipinski definition) is 1. The summed E-state index contributed by atoms with van der Waals surface area (Å²) in [5, 5.41) is 0. The van der Waals surface area contributed by atoms with Crippen molar-refractivity contribution in [1.82, 2.24) is 4.31 Å². The van der Waals surface area contributed by atoms with Crippen molar-refractivity contribution in [3.8, 4) is 0 Å². The molecular formula is C15H24N2O2S. The Labute approximate surface area is 122 Å². The molecular weight excluding hydrogens is 272 g/mol. The van der Waals surface area contributed by atoms with Gasteiger partial charge in [-0.2, -0.15) is 0 Å². The molecule has 1 aliphatic rings. The van der Waals surface area contributed by atoms with Gasteiger partial charge in [-0.1, -0.05) is 25.0 Å². The van der Waals surface area contributed by atoms with E-state index in [0.29, 0.717) is 17.4 Å². The van der Waals surface area contributed by atoms with Gasteiger partial charge in [-0.15, -0.1) is 0 Å². The number of rotatable bonds is 5. The van der Waals surface area contributed by atoms with Gasteiger partial charge in [-0.05, 0) is 43.4 Å². The zero-order valence-electron chi connectivity index (χ0n) is 12.2. The fourth-order valence-electron chi connectivity index (χ4n) is 2.79. The lowest BCUT2D eigenvalue weighted by molar-refractivity contribution is 0.387. The quantitative estimate of drug-likeness (QED) is 0.908. The van der Waals surface area contributed by atoms with Gasteiger partial charge in [0.2, 0.25) is 10.0 Å². The molecule has 4 nitrogen and oxygen atoms in total. The molecule has 1 aromatic rings. The second kappa shape index (κ2) is 6.24. The summed E-state index contributed by atoms with van der Waals surface area (Å²) in [5.74, 6) is 0.506. The molecule has 0 aromatic heterocycles. The first-order chi connectivity index (χ1) is 9.41. The molecule has 5 heteroatoms. The highest BCUT2D eigenvalue weighted by Crippen LogP contribution is 2.27. The highest BCUT2D eigenvalue weighted by molar-refractivity contribution is 7.89. The molecule has 20 heavy (non-hydrogen) atoms. The van der Waals surface area contributed by atoms with Crippen LogP contribution in [0, 0.1) is 5.92 Å². The topological polar surface area (TPSA) is 63.4 Å². The molecule has 112 valence electrons. The number of sulfonamides is 1. The van der Waals surface area contributed by atoms with Gasteiger partial charge >= 0.3 is 0 Å². The summed E-state index contributed by atoms with van der Waals surface area (Å²) in [7, 11) is -1.73. The number of benzene rings is 1. The maximum Gasteiger partial charge on any atom is 0.242 e. The van der Waals surface area contributed by atoms with E-state index in [9.17, 15) is 8.42 Å². The molecule has 1 fully saturated rings. The van der Waals surface area contributed by atoms with Crippen LogP contribution in [-0.2, 0) is 10.0 Å². The van der Waals surface area contributed by atoms with E-state index in [-0.39, 0.29) is 6.04 Å². The smallest absolute Gasteiger partial charge is 0.242 e.